The van der Waals surface area contributed by atoms with Gasteiger partial charge in [-0.25, -0.2) is 0 Å². The first-order valence-corrected chi connectivity index (χ1v) is 13.8. The van der Waals surface area contributed by atoms with Crippen LogP contribution in [0, 0.1) is 13.8 Å². The number of aliphatic hydroxyl groups is 1. The Balaban J connectivity index is 1.43. The number of nitrogens with one attached hydrogen (secondary N) is 1. The largest absolute Gasteiger partial charge is 0.493 e. The molecule has 0 radical (unpaired) electrons. The van der Waals surface area contributed by atoms with Crippen LogP contribution in [0.25, 0.3) is 33.3 Å². The number of benzene rings is 4. The Morgan fingerprint density at radius 1 is 0.800 bits per heavy atom. The zero-order valence-corrected chi connectivity index (χ0v) is 23.8. The van der Waals surface area contributed by atoms with Crippen LogP contribution in [0.15, 0.2) is 91.0 Å². The van der Waals surface area contributed by atoms with E-state index in [1.807, 2.05) is 24.3 Å². The van der Waals surface area contributed by atoms with Gasteiger partial charge in [-0.2, -0.15) is 0 Å². The molecule has 206 valence electrons. The molecule has 0 aliphatic rings. The molecule has 0 spiro atoms. The molecule has 40 heavy (non-hydrogen) atoms. The number of hydrogen-bond donors (Lipinski definition) is 2. The Bertz CT molecular complexity index is 1580. The van der Waals surface area contributed by atoms with Crippen LogP contribution in [-0.4, -0.2) is 43.1 Å². The molecule has 0 aliphatic heterocycles. The molecule has 0 saturated carbocycles. The molecule has 0 bridgehead atoms. The Morgan fingerprint density at radius 3 is 2.15 bits per heavy atom. The fourth-order valence-electron chi connectivity index (χ4n) is 5.67. The third-order valence-corrected chi connectivity index (χ3v) is 7.41. The van der Waals surface area contributed by atoms with Crippen LogP contribution < -0.4 is 14.8 Å². The number of fused-ring (bicyclic) bond motifs is 1. The number of aromatic nitrogens is 1. The minimum atomic E-state index is -0.562. The van der Waals surface area contributed by atoms with Crippen molar-refractivity contribution in [2.75, 3.05) is 27.3 Å². The van der Waals surface area contributed by atoms with Gasteiger partial charge in [0, 0.05) is 17.5 Å². The molecule has 5 rings (SSSR count). The van der Waals surface area contributed by atoms with Gasteiger partial charge >= 0.3 is 0 Å². The highest BCUT2D eigenvalue weighted by Gasteiger charge is 2.23. The van der Waals surface area contributed by atoms with E-state index in [2.05, 4.69) is 90.5 Å². The van der Waals surface area contributed by atoms with Crippen LogP contribution in [0.5, 0.6) is 11.5 Å². The van der Waals surface area contributed by atoms with Crippen molar-refractivity contribution in [1.82, 2.24) is 9.88 Å². The first kappa shape index (κ1) is 27.5. The molecular weight excluding hydrogens is 496 g/mol. The molecule has 0 unspecified atom stereocenters. The maximum atomic E-state index is 11.3. The van der Waals surface area contributed by atoms with Crippen LogP contribution >= 0.6 is 0 Å². The molecule has 0 fully saturated rings. The van der Waals surface area contributed by atoms with Gasteiger partial charge in [0.1, 0.15) is 0 Å². The molecule has 4 aromatic carbocycles. The monoisotopic (exact) mass is 534 g/mol. The average molecular weight is 535 g/mol. The summed E-state index contributed by atoms with van der Waals surface area (Å²) >= 11 is 0. The molecule has 2 N–H and O–H groups in total. The molecule has 0 aliphatic carbocycles. The third-order valence-electron chi connectivity index (χ3n) is 7.41. The molecule has 0 saturated heterocycles. The van der Waals surface area contributed by atoms with E-state index in [9.17, 15) is 5.11 Å². The van der Waals surface area contributed by atoms with Gasteiger partial charge in [-0.05, 0) is 67.3 Å². The molecule has 5 heteroatoms. The predicted octanol–water partition coefficient (Wildman–Crippen LogP) is 6.80. The lowest BCUT2D eigenvalue weighted by Crippen LogP contribution is -2.31. The second-order valence-corrected chi connectivity index (χ2v) is 10.3. The number of rotatable bonds is 11. The predicted molar refractivity (Wildman–Crippen MR) is 164 cm³/mol. The lowest BCUT2D eigenvalue weighted by atomic mass is 9.97. The molecule has 5 nitrogen and oxygen atoms in total. The molecule has 1 aromatic heterocycles. The first-order valence-electron chi connectivity index (χ1n) is 13.8. The van der Waals surface area contributed by atoms with Crippen molar-refractivity contribution < 1.29 is 14.6 Å². The van der Waals surface area contributed by atoms with Crippen molar-refractivity contribution in [3.8, 4) is 33.9 Å². The zero-order valence-electron chi connectivity index (χ0n) is 23.8. The van der Waals surface area contributed by atoms with Gasteiger partial charge in [0.15, 0.2) is 11.5 Å². The number of aryl methyl sites for hydroxylation is 2. The number of methoxy groups -OCH3 is 2. The first-order chi connectivity index (χ1) is 19.5. The van der Waals surface area contributed by atoms with Gasteiger partial charge in [-0.1, -0.05) is 78.4 Å². The van der Waals surface area contributed by atoms with Gasteiger partial charge in [0.25, 0.3) is 0 Å². The summed E-state index contributed by atoms with van der Waals surface area (Å²) in [5.74, 6) is 1.45. The standard InChI is InChI=1S/C35H38N2O3/c1-24-19-25(2)34-30(20-24)33(27-11-7-5-8-12-27)35(28-13-9-6-10-14-28)37(34)23-29(38)22-36-18-17-26-15-16-31(39-3)32(21-26)40-4/h5-16,19-21,29,36,38H,17-18,22-23H2,1-4H3/t29-/m1/s1. The summed E-state index contributed by atoms with van der Waals surface area (Å²) in [6.45, 7) is 6.05. The quantitative estimate of drug-likeness (QED) is 0.183. The third kappa shape index (κ3) is 5.76. The fraction of sp³-hybridized carbons (Fsp3) is 0.257. The summed E-state index contributed by atoms with van der Waals surface area (Å²) in [6.07, 6.45) is 0.263. The maximum absolute atomic E-state index is 11.3. The summed E-state index contributed by atoms with van der Waals surface area (Å²) in [7, 11) is 3.29. The summed E-state index contributed by atoms with van der Waals surface area (Å²) in [5, 5.41) is 16.0. The minimum absolute atomic E-state index is 0.487. The number of nitrogens with zero attached hydrogens (tertiary/aromatic N) is 1. The minimum Gasteiger partial charge on any atom is -0.493 e. The van der Waals surface area contributed by atoms with E-state index in [0.717, 1.165) is 41.3 Å². The van der Waals surface area contributed by atoms with E-state index in [1.54, 1.807) is 14.2 Å². The van der Waals surface area contributed by atoms with Crippen molar-refractivity contribution in [3.05, 3.63) is 108 Å². The van der Waals surface area contributed by atoms with Gasteiger partial charge in [0.05, 0.1) is 38.1 Å². The van der Waals surface area contributed by atoms with E-state index in [4.69, 9.17) is 9.47 Å². The highest BCUT2D eigenvalue weighted by Crippen LogP contribution is 2.42. The van der Waals surface area contributed by atoms with Crippen LogP contribution in [-0.2, 0) is 13.0 Å². The van der Waals surface area contributed by atoms with Crippen molar-refractivity contribution in [1.29, 1.82) is 0 Å². The zero-order chi connectivity index (χ0) is 28.1. The molecular formula is C35H38N2O3. The second-order valence-electron chi connectivity index (χ2n) is 10.3. The van der Waals surface area contributed by atoms with Crippen LogP contribution in [0.4, 0.5) is 0 Å². The highest BCUT2D eigenvalue weighted by molar-refractivity contribution is 6.06. The number of aliphatic hydroxyl groups excluding tert-OH is 1. The lowest BCUT2D eigenvalue weighted by Gasteiger charge is -2.18. The number of ether oxygens (including phenoxy) is 2. The SMILES string of the molecule is COc1ccc(CCNC[C@@H](O)Cn2c(-c3ccccc3)c(-c3ccccc3)c3cc(C)cc(C)c32)cc1OC. The van der Waals surface area contributed by atoms with E-state index in [1.165, 1.54) is 33.2 Å². The van der Waals surface area contributed by atoms with Gasteiger partial charge in [0.2, 0.25) is 0 Å². The summed E-state index contributed by atoms with van der Waals surface area (Å²) in [5.41, 5.74) is 9.44. The van der Waals surface area contributed by atoms with Crippen LogP contribution in [0.2, 0.25) is 0 Å². The smallest absolute Gasteiger partial charge is 0.160 e. The topological polar surface area (TPSA) is 55.6 Å². The van der Waals surface area contributed by atoms with E-state index in [-0.39, 0.29) is 0 Å². The molecule has 1 atom stereocenters. The van der Waals surface area contributed by atoms with E-state index < -0.39 is 6.10 Å². The van der Waals surface area contributed by atoms with Crippen LogP contribution in [0.1, 0.15) is 16.7 Å². The van der Waals surface area contributed by atoms with Crippen molar-refractivity contribution in [3.63, 3.8) is 0 Å². The molecule has 1 heterocycles. The summed E-state index contributed by atoms with van der Waals surface area (Å²) < 4.78 is 13.1. The molecule has 5 aromatic rings. The highest BCUT2D eigenvalue weighted by atomic mass is 16.5. The van der Waals surface area contributed by atoms with Gasteiger partial charge in [-0.3, -0.25) is 0 Å². The number of hydrogen-bond acceptors (Lipinski definition) is 4. The second kappa shape index (κ2) is 12.4. The van der Waals surface area contributed by atoms with E-state index in [0.29, 0.717) is 13.1 Å². The normalized spacial score (nSPS) is 12.0. The van der Waals surface area contributed by atoms with Crippen LogP contribution in [0.3, 0.4) is 0 Å². The molecule has 0 amide bonds. The Labute approximate surface area is 237 Å². The maximum Gasteiger partial charge on any atom is 0.160 e. The van der Waals surface area contributed by atoms with Gasteiger partial charge in [-0.15, -0.1) is 0 Å². The average Bonchev–Trinajstić information content (AvgIpc) is 3.29. The summed E-state index contributed by atoms with van der Waals surface area (Å²) in [6, 6.07) is 31.6. The fourth-order valence-corrected chi connectivity index (χ4v) is 5.67. The van der Waals surface area contributed by atoms with Crippen molar-refractivity contribution in [2.24, 2.45) is 0 Å². The van der Waals surface area contributed by atoms with Crippen molar-refractivity contribution in [2.45, 2.75) is 32.9 Å². The summed E-state index contributed by atoms with van der Waals surface area (Å²) in [4.78, 5) is 0. The van der Waals surface area contributed by atoms with E-state index >= 15 is 0 Å². The van der Waals surface area contributed by atoms with Crippen molar-refractivity contribution >= 4 is 10.9 Å². The van der Waals surface area contributed by atoms with Gasteiger partial charge < -0.3 is 24.5 Å². The Hall–Kier alpha value is -4.06. The Morgan fingerprint density at radius 2 is 1.48 bits per heavy atom. The Kier molecular flexibility index (Phi) is 8.54. The lowest BCUT2D eigenvalue weighted by molar-refractivity contribution is 0.154.